The molecule has 10 heteroatoms. The largest absolute Gasteiger partial charge is 0.346 e. The monoisotopic (exact) mass is 374 g/mol. The van der Waals surface area contributed by atoms with Crippen LogP contribution in [0.25, 0.3) is 0 Å². The summed E-state index contributed by atoms with van der Waals surface area (Å²) >= 11 is 5.85. The highest BCUT2D eigenvalue weighted by Gasteiger charge is 2.30. The minimum atomic E-state index is -3.64. The summed E-state index contributed by atoms with van der Waals surface area (Å²) in [6.45, 7) is 0.571. The number of rotatable bonds is 5. The Labute approximate surface area is 145 Å². The molecule has 3 N–H and O–H groups in total. The van der Waals surface area contributed by atoms with Crippen LogP contribution in [0, 0.1) is 0 Å². The zero-order valence-corrected chi connectivity index (χ0v) is 14.5. The lowest BCUT2D eigenvalue weighted by Gasteiger charge is -2.34. The van der Waals surface area contributed by atoms with Gasteiger partial charge in [-0.15, -0.1) is 0 Å². The molecular formula is C14H19ClN4O4S. The third kappa shape index (κ3) is 4.44. The standard InChI is InChI=1S/C14H19ClN4O4S/c15-11-2-1-3-12(8-11)24(22,23)19-6-4-18(5-7-19)14(21)10-17-13(20)9-16/h1-3,8H,4-7,9-10,16H2,(H,17,20). The number of piperazine rings is 1. The smallest absolute Gasteiger partial charge is 0.243 e. The summed E-state index contributed by atoms with van der Waals surface area (Å²) < 4.78 is 26.4. The fraction of sp³-hybridized carbons (Fsp3) is 0.429. The molecule has 0 atom stereocenters. The van der Waals surface area contributed by atoms with E-state index in [-0.39, 0.29) is 50.1 Å². The Morgan fingerprint density at radius 1 is 1.21 bits per heavy atom. The zero-order valence-electron chi connectivity index (χ0n) is 12.9. The van der Waals surface area contributed by atoms with Crippen molar-refractivity contribution in [3.8, 4) is 0 Å². The number of hydrogen-bond acceptors (Lipinski definition) is 5. The lowest BCUT2D eigenvalue weighted by molar-refractivity contribution is -0.133. The van der Waals surface area contributed by atoms with Gasteiger partial charge in [0.05, 0.1) is 18.0 Å². The highest BCUT2D eigenvalue weighted by Crippen LogP contribution is 2.20. The van der Waals surface area contributed by atoms with E-state index in [0.29, 0.717) is 5.02 Å². The summed E-state index contributed by atoms with van der Waals surface area (Å²) in [4.78, 5) is 24.7. The van der Waals surface area contributed by atoms with Crippen molar-refractivity contribution in [3.05, 3.63) is 29.3 Å². The molecule has 1 aromatic carbocycles. The van der Waals surface area contributed by atoms with E-state index in [1.54, 1.807) is 12.1 Å². The molecule has 8 nitrogen and oxygen atoms in total. The van der Waals surface area contributed by atoms with Gasteiger partial charge >= 0.3 is 0 Å². The van der Waals surface area contributed by atoms with Crippen LogP contribution in [-0.4, -0.2) is 68.7 Å². The number of benzene rings is 1. The number of sulfonamides is 1. The highest BCUT2D eigenvalue weighted by atomic mass is 35.5. The van der Waals surface area contributed by atoms with Crippen LogP contribution in [0.4, 0.5) is 0 Å². The van der Waals surface area contributed by atoms with Crippen LogP contribution in [0.3, 0.4) is 0 Å². The molecule has 1 fully saturated rings. The number of amides is 2. The Hall–Kier alpha value is -1.68. The number of nitrogens with zero attached hydrogens (tertiary/aromatic N) is 2. The van der Waals surface area contributed by atoms with E-state index in [9.17, 15) is 18.0 Å². The van der Waals surface area contributed by atoms with E-state index in [2.05, 4.69) is 5.32 Å². The van der Waals surface area contributed by atoms with Gasteiger partial charge in [0.15, 0.2) is 0 Å². The van der Waals surface area contributed by atoms with E-state index >= 15 is 0 Å². The highest BCUT2D eigenvalue weighted by molar-refractivity contribution is 7.89. The summed E-state index contributed by atoms with van der Waals surface area (Å²) in [5.41, 5.74) is 5.15. The molecule has 1 aliphatic heterocycles. The Bertz CT molecular complexity index is 717. The number of hydrogen-bond donors (Lipinski definition) is 2. The summed E-state index contributed by atoms with van der Waals surface area (Å²) in [7, 11) is -3.64. The molecule has 0 aliphatic carbocycles. The van der Waals surface area contributed by atoms with Crippen LogP contribution < -0.4 is 11.1 Å². The molecule has 1 heterocycles. The Morgan fingerprint density at radius 2 is 1.88 bits per heavy atom. The van der Waals surface area contributed by atoms with E-state index in [0.717, 1.165) is 0 Å². The molecule has 0 spiro atoms. The molecule has 0 bridgehead atoms. The van der Waals surface area contributed by atoms with Crippen molar-refractivity contribution in [3.63, 3.8) is 0 Å². The van der Waals surface area contributed by atoms with Gasteiger partial charge in [0, 0.05) is 31.2 Å². The van der Waals surface area contributed by atoms with Gasteiger partial charge in [-0.05, 0) is 18.2 Å². The fourth-order valence-corrected chi connectivity index (χ4v) is 4.04. The topological polar surface area (TPSA) is 113 Å². The molecule has 2 rings (SSSR count). The third-order valence-electron chi connectivity index (χ3n) is 3.65. The third-order valence-corrected chi connectivity index (χ3v) is 5.78. The summed E-state index contributed by atoms with van der Waals surface area (Å²) in [5.74, 6) is -0.679. The van der Waals surface area contributed by atoms with Gasteiger partial charge in [-0.3, -0.25) is 9.59 Å². The van der Waals surface area contributed by atoms with E-state index in [1.165, 1.54) is 21.3 Å². The molecule has 0 unspecified atom stereocenters. The minimum absolute atomic E-state index is 0.130. The van der Waals surface area contributed by atoms with E-state index in [4.69, 9.17) is 17.3 Å². The van der Waals surface area contributed by atoms with Crippen LogP contribution in [-0.2, 0) is 19.6 Å². The number of carbonyl (C=O) groups is 2. The number of nitrogens with two attached hydrogens (primary N) is 1. The van der Waals surface area contributed by atoms with Crippen LogP contribution in [0.5, 0.6) is 0 Å². The second kappa shape index (κ2) is 7.93. The molecule has 0 radical (unpaired) electrons. The molecular weight excluding hydrogens is 356 g/mol. The predicted molar refractivity (Wildman–Crippen MR) is 88.9 cm³/mol. The first-order chi connectivity index (χ1) is 11.3. The second-order valence-corrected chi connectivity index (χ2v) is 7.60. The SMILES string of the molecule is NCC(=O)NCC(=O)N1CCN(S(=O)(=O)c2cccc(Cl)c2)CC1. The van der Waals surface area contributed by atoms with Gasteiger partial charge in [0.25, 0.3) is 0 Å². The summed E-state index contributed by atoms with van der Waals surface area (Å²) in [6.07, 6.45) is 0. The van der Waals surface area contributed by atoms with Gasteiger partial charge in [0.2, 0.25) is 21.8 Å². The number of halogens is 1. The molecule has 24 heavy (non-hydrogen) atoms. The maximum atomic E-state index is 12.6. The van der Waals surface area contributed by atoms with Crippen molar-refractivity contribution < 1.29 is 18.0 Å². The van der Waals surface area contributed by atoms with Crippen molar-refractivity contribution in [1.82, 2.24) is 14.5 Å². The molecule has 1 aromatic rings. The van der Waals surface area contributed by atoms with Gasteiger partial charge in [-0.2, -0.15) is 4.31 Å². The van der Waals surface area contributed by atoms with Crippen LogP contribution in [0.2, 0.25) is 5.02 Å². The van der Waals surface area contributed by atoms with Crippen molar-refractivity contribution in [1.29, 1.82) is 0 Å². The minimum Gasteiger partial charge on any atom is -0.346 e. The molecule has 0 aromatic heterocycles. The Kier molecular flexibility index (Phi) is 6.16. The van der Waals surface area contributed by atoms with Crippen LogP contribution in [0.15, 0.2) is 29.2 Å². The first-order valence-corrected chi connectivity index (χ1v) is 9.16. The molecule has 1 saturated heterocycles. The number of nitrogens with one attached hydrogen (secondary N) is 1. The maximum absolute atomic E-state index is 12.6. The van der Waals surface area contributed by atoms with Gasteiger partial charge in [-0.25, -0.2) is 8.42 Å². The average molecular weight is 375 g/mol. The van der Waals surface area contributed by atoms with Crippen molar-refractivity contribution in [2.75, 3.05) is 39.3 Å². The molecule has 2 amide bonds. The quantitative estimate of drug-likeness (QED) is 0.704. The molecule has 0 saturated carbocycles. The molecule has 1 aliphatic rings. The second-order valence-electron chi connectivity index (χ2n) is 5.22. The van der Waals surface area contributed by atoms with E-state index < -0.39 is 15.9 Å². The summed E-state index contributed by atoms with van der Waals surface area (Å²) in [5, 5.41) is 2.75. The number of carbonyl (C=O) groups excluding carboxylic acids is 2. The van der Waals surface area contributed by atoms with Crippen LogP contribution in [0.1, 0.15) is 0 Å². The average Bonchev–Trinajstić information content (AvgIpc) is 2.59. The Morgan fingerprint density at radius 3 is 2.46 bits per heavy atom. The lowest BCUT2D eigenvalue weighted by atomic mass is 10.3. The molecule has 132 valence electrons. The first kappa shape index (κ1) is 18.7. The zero-order chi connectivity index (χ0) is 17.7. The normalized spacial score (nSPS) is 16.0. The van der Waals surface area contributed by atoms with Crippen molar-refractivity contribution in [2.24, 2.45) is 5.73 Å². The fourth-order valence-electron chi connectivity index (χ4n) is 2.31. The van der Waals surface area contributed by atoms with E-state index in [1.807, 2.05) is 0 Å². The van der Waals surface area contributed by atoms with Gasteiger partial charge in [0.1, 0.15) is 0 Å². The summed E-state index contributed by atoms with van der Waals surface area (Å²) in [6, 6.07) is 6.07. The predicted octanol–water partition coefficient (Wildman–Crippen LogP) is -0.752. The van der Waals surface area contributed by atoms with Crippen molar-refractivity contribution >= 4 is 33.4 Å². The first-order valence-electron chi connectivity index (χ1n) is 7.35. The Balaban J connectivity index is 1.94. The van der Waals surface area contributed by atoms with Gasteiger partial charge < -0.3 is 16.0 Å². The lowest BCUT2D eigenvalue weighted by Crippen LogP contribution is -2.52. The van der Waals surface area contributed by atoms with Gasteiger partial charge in [-0.1, -0.05) is 17.7 Å². The van der Waals surface area contributed by atoms with Crippen molar-refractivity contribution in [2.45, 2.75) is 4.90 Å². The van der Waals surface area contributed by atoms with Crippen LogP contribution >= 0.6 is 11.6 Å². The maximum Gasteiger partial charge on any atom is 0.243 e.